The number of ether oxygens (including phenoxy) is 1. The van der Waals surface area contributed by atoms with Gasteiger partial charge in [-0.3, -0.25) is 9.69 Å². The largest absolute Gasteiger partial charge is 0.497 e. The lowest BCUT2D eigenvalue weighted by molar-refractivity contribution is 0.0568. The molecule has 130 valence electrons. The number of aryl methyl sites for hydroxylation is 1. The summed E-state index contributed by atoms with van der Waals surface area (Å²) < 4.78 is 5.16. The molecule has 0 N–H and O–H groups in total. The summed E-state index contributed by atoms with van der Waals surface area (Å²) in [5.74, 6) is 0.899. The fourth-order valence-corrected chi connectivity index (χ4v) is 4.07. The molecule has 0 spiro atoms. The van der Waals surface area contributed by atoms with E-state index < -0.39 is 0 Å². The van der Waals surface area contributed by atoms with Crippen LogP contribution in [0.4, 0.5) is 0 Å². The fourth-order valence-electron chi connectivity index (χ4n) is 4.07. The molecule has 25 heavy (non-hydrogen) atoms. The van der Waals surface area contributed by atoms with Crippen molar-refractivity contribution >= 4 is 5.91 Å². The predicted molar refractivity (Wildman–Crippen MR) is 98.0 cm³/mol. The molecular formula is C21H24N2O2. The number of rotatable bonds is 3. The second-order valence-electron chi connectivity index (χ2n) is 6.81. The molecule has 1 saturated heterocycles. The topological polar surface area (TPSA) is 32.8 Å². The Bertz CT molecular complexity index is 749. The summed E-state index contributed by atoms with van der Waals surface area (Å²) in [7, 11) is 1.64. The molecule has 4 heteroatoms. The third-order valence-electron chi connectivity index (χ3n) is 5.48. The Hall–Kier alpha value is -2.33. The fraction of sp³-hybridized carbons (Fsp3) is 0.381. The van der Waals surface area contributed by atoms with Crippen molar-refractivity contribution in [3.63, 3.8) is 0 Å². The number of carbonyl (C=O) groups is 1. The van der Waals surface area contributed by atoms with Crippen molar-refractivity contribution in [1.29, 1.82) is 0 Å². The first kappa shape index (κ1) is 16.2. The zero-order valence-corrected chi connectivity index (χ0v) is 14.6. The Kier molecular flexibility index (Phi) is 4.45. The molecule has 1 atom stereocenters. The van der Waals surface area contributed by atoms with Gasteiger partial charge in [0.15, 0.2) is 0 Å². The average Bonchev–Trinajstić information content (AvgIpc) is 3.12. The molecule has 2 aromatic rings. The van der Waals surface area contributed by atoms with Gasteiger partial charge in [-0.25, -0.2) is 0 Å². The van der Waals surface area contributed by atoms with E-state index in [1.54, 1.807) is 7.11 Å². The smallest absolute Gasteiger partial charge is 0.253 e. The van der Waals surface area contributed by atoms with Crippen LogP contribution in [0.2, 0.25) is 0 Å². The molecule has 0 bridgehead atoms. The number of amides is 1. The van der Waals surface area contributed by atoms with Crippen LogP contribution in [0.3, 0.4) is 0 Å². The number of carbonyl (C=O) groups excluding carboxylic acids is 1. The minimum absolute atomic E-state index is 0.120. The zero-order valence-electron chi connectivity index (χ0n) is 14.6. The number of nitrogens with zero attached hydrogens (tertiary/aromatic N) is 2. The molecule has 1 fully saturated rings. The first-order chi connectivity index (χ1) is 12.3. The highest BCUT2D eigenvalue weighted by Gasteiger charge is 2.31. The van der Waals surface area contributed by atoms with Gasteiger partial charge in [0, 0.05) is 37.8 Å². The van der Waals surface area contributed by atoms with E-state index in [4.69, 9.17) is 4.74 Å². The van der Waals surface area contributed by atoms with Gasteiger partial charge < -0.3 is 9.64 Å². The van der Waals surface area contributed by atoms with Gasteiger partial charge in [0.1, 0.15) is 5.75 Å². The molecular weight excluding hydrogens is 312 g/mol. The highest BCUT2D eigenvalue weighted by molar-refractivity contribution is 5.94. The molecule has 1 amide bonds. The summed E-state index contributed by atoms with van der Waals surface area (Å²) in [4.78, 5) is 17.2. The van der Waals surface area contributed by atoms with Crippen LogP contribution < -0.4 is 4.74 Å². The zero-order chi connectivity index (χ0) is 17.2. The first-order valence-electron chi connectivity index (χ1n) is 9.01. The van der Waals surface area contributed by atoms with Crippen LogP contribution >= 0.6 is 0 Å². The SMILES string of the molecule is COc1ccc(C(=O)N2CCN(C3CCc4ccccc43)CC2)cc1. The van der Waals surface area contributed by atoms with Gasteiger partial charge >= 0.3 is 0 Å². The summed E-state index contributed by atoms with van der Waals surface area (Å²) >= 11 is 0. The third kappa shape index (κ3) is 3.14. The normalized spacial score (nSPS) is 20.4. The molecule has 0 aromatic heterocycles. The molecule has 1 heterocycles. The summed E-state index contributed by atoms with van der Waals surface area (Å²) in [6.07, 6.45) is 2.37. The van der Waals surface area contributed by atoms with Gasteiger partial charge in [0.2, 0.25) is 0 Å². The summed E-state index contributed by atoms with van der Waals surface area (Å²) in [6.45, 7) is 3.48. The molecule has 0 saturated carbocycles. The summed E-state index contributed by atoms with van der Waals surface area (Å²) in [5, 5.41) is 0. The number of benzene rings is 2. The van der Waals surface area contributed by atoms with E-state index in [0.29, 0.717) is 6.04 Å². The van der Waals surface area contributed by atoms with Crippen LogP contribution in [-0.2, 0) is 6.42 Å². The molecule has 1 unspecified atom stereocenters. The van der Waals surface area contributed by atoms with Crippen molar-refractivity contribution in [2.24, 2.45) is 0 Å². The van der Waals surface area contributed by atoms with Crippen molar-refractivity contribution in [1.82, 2.24) is 9.80 Å². The molecule has 4 rings (SSSR count). The van der Waals surface area contributed by atoms with Crippen molar-refractivity contribution in [2.75, 3.05) is 33.3 Å². The van der Waals surface area contributed by atoms with Crippen molar-refractivity contribution in [3.05, 3.63) is 65.2 Å². The lowest BCUT2D eigenvalue weighted by Gasteiger charge is -2.38. The molecule has 0 radical (unpaired) electrons. The Morgan fingerprint density at radius 2 is 1.72 bits per heavy atom. The Labute approximate surface area is 149 Å². The summed E-state index contributed by atoms with van der Waals surface area (Å²) in [6, 6.07) is 16.7. The maximum Gasteiger partial charge on any atom is 0.253 e. The van der Waals surface area contributed by atoms with Crippen LogP contribution in [0.1, 0.15) is 33.9 Å². The van der Waals surface area contributed by atoms with Gasteiger partial charge in [-0.15, -0.1) is 0 Å². The highest BCUT2D eigenvalue weighted by atomic mass is 16.5. The van der Waals surface area contributed by atoms with Crippen LogP contribution in [0.25, 0.3) is 0 Å². The number of hydrogen-bond donors (Lipinski definition) is 0. The molecule has 2 aliphatic rings. The Balaban J connectivity index is 1.39. The maximum atomic E-state index is 12.7. The molecule has 2 aromatic carbocycles. The van der Waals surface area contributed by atoms with Crippen LogP contribution in [0, 0.1) is 0 Å². The van der Waals surface area contributed by atoms with Gasteiger partial charge in [-0.2, -0.15) is 0 Å². The van der Waals surface area contributed by atoms with Gasteiger partial charge in [-0.05, 0) is 48.2 Å². The highest BCUT2D eigenvalue weighted by Crippen LogP contribution is 2.36. The van der Waals surface area contributed by atoms with E-state index in [1.165, 1.54) is 24.0 Å². The lowest BCUT2D eigenvalue weighted by Crippen LogP contribution is -2.49. The second kappa shape index (κ2) is 6.89. The van der Waals surface area contributed by atoms with Crippen molar-refractivity contribution in [3.8, 4) is 5.75 Å². The molecule has 4 nitrogen and oxygen atoms in total. The van der Waals surface area contributed by atoms with Crippen LogP contribution in [-0.4, -0.2) is 49.0 Å². The number of methoxy groups -OCH3 is 1. The minimum atomic E-state index is 0.120. The Morgan fingerprint density at radius 3 is 2.44 bits per heavy atom. The predicted octanol–water partition coefficient (Wildman–Crippen LogP) is 3.14. The van der Waals surface area contributed by atoms with E-state index in [0.717, 1.165) is 37.5 Å². The van der Waals surface area contributed by atoms with E-state index >= 15 is 0 Å². The van der Waals surface area contributed by atoms with E-state index in [-0.39, 0.29) is 5.91 Å². The van der Waals surface area contributed by atoms with Crippen molar-refractivity contribution in [2.45, 2.75) is 18.9 Å². The average molecular weight is 336 g/mol. The molecule has 1 aliphatic carbocycles. The number of piperazine rings is 1. The van der Waals surface area contributed by atoms with Gasteiger partial charge in [-0.1, -0.05) is 24.3 Å². The Morgan fingerprint density at radius 1 is 1.00 bits per heavy atom. The monoisotopic (exact) mass is 336 g/mol. The number of hydrogen-bond acceptors (Lipinski definition) is 3. The van der Waals surface area contributed by atoms with E-state index in [1.807, 2.05) is 29.2 Å². The van der Waals surface area contributed by atoms with Crippen LogP contribution in [0.15, 0.2) is 48.5 Å². The maximum absolute atomic E-state index is 12.7. The number of fused-ring (bicyclic) bond motifs is 1. The van der Waals surface area contributed by atoms with Crippen molar-refractivity contribution < 1.29 is 9.53 Å². The van der Waals surface area contributed by atoms with Gasteiger partial charge in [0.25, 0.3) is 5.91 Å². The standard InChI is InChI=1S/C21H24N2O2/c1-25-18-9-6-17(7-10-18)21(24)23-14-12-22(13-15-23)20-11-8-16-4-2-3-5-19(16)20/h2-7,9-10,20H,8,11-15H2,1H3. The lowest BCUT2D eigenvalue weighted by atomic mass is 10.1. The van der Waals surface area contributed by atoms with Gasteiger partial charge in [0.05, 0.1) is 7.11 Å². The molecule has 1 aliphatic heterocycles. The third-order valence-corrected chi connectivity index (χ3v) is 5.48. The quantitative estimate of drug-likeness (QED) is 0.863. The summed E-state index contributed by atoms with van der Waals surface area (Å²) in [5.41, 5.74) is 3.71. The minimum Gasteiger partial charge on any atom is -0.497 e. The van der Waals surface area contributed by atoms with E-state index in [9.17, 15) is 4.79 Å². The van der Waals surface area contributed by atoms with Crippen LogP contribution in [0.5, 0.6) is 5.75 Å². The first-order valence-corrected chi connectivity index (χ1v) is 9.01. The van der Waals surface area contributed by atoms with E-state index in [2.05, 4.69) is 29.2 Å². The second-order valence-corrected chi connectivity index (χ2v) is 6.81.